The molecular weight excluding hydrogens is 479 g/mol. The second-order valence-electron chi connectivity index (χ2n) is 8.19. The number of carbonyl (C=O) groups excluding carboxylic acids is 1. The van der Waals surface area contributed by atoms with Crippen LogP contribution in [0.4, 0.5) is 10.5 Å². The van der Waals surface area contributed by atoms with Crippen molar-refractivity contribution in [3.05, 3.63) is 130 Å². The fourth-order valence-corrected chi connectivity index (χ4v) is 4.16. The van der Waals surface area contributed by atoms with E-state index in [9.17, 15) is 4.79 Å². The molecule has 0 saturated carbocycles. The van der Waals surface area contributed by atoms with Gasteiger partial charge in [-0.3, -0.25) is 0 Å². The maximum atomic E-state index is 13.4. The Bertz CT molecular complexity index is 1250. The highest BCUT2D eigenvalue weighted by atomic mass is 35.5. The van der Waals surface area contributed by atoms with Crippen molar-refractivity contribution >= 4 is 34.9 Å². The number of halogens is 2. The molecule has 0 bridgehead atoms. The third-order valence-electron chi connectivity index (χ3n) is 5.71. The van der Waals surface area contributed by atoms with E-state index in [-0.39, 0.29) is 12.1 Å². The second-order valence-corrected chi connectivity index (χ2v) is 9.03. The SMILES string of the molecule is CC(c1ccccc1)N(Cc1ccc(OCc2ccccc2)cc1)C(=O)Nc1ccc(Cl)cc1Cl. The zero-order valence-electron chi connectivity index (χ0n) is 19.3. The summed E-state index contributed by atoms with van der Waals surface area (Å²) in [6.07, 6.45) is 0. The Kier molecular flexibility index (Phi) is 8.30. The lowest BCUT2D eigenvalue weighted by Gasteiger charge is -2.30. The van der Waals surface area contributed by atoms with E-state index in [1.165, 1.54) is 0 Å². The van der Waals surface area contributed by atoms with Crippen molar-refractivity contribution in [1.82, 2.24) is 4.90 Å². The Morgan fingerprint density at radius 1 is 0.857 bits per heavy atom. The molecule has 0 aromatic heterocycles. The molecule has 35 heavy (non-hydrogen) atoms. The van der Waals surface area contributed by atoms with Crippen LogP contribution in [0.25, 0.3) is 0 Å². The first kappa shape index (κ1) is 24.6. The normalized spacial score (nSPS) is 11.5. The summed E-state index contributed by atoms with van der Waals surface area (Å²) in [4.78, 5) is 15.2. The minimum Gasteiger partial charge on any atom is -0.489 e. The van der Waals surface area contributed by atoms with Crippen molar-refractivity contribution in [3.8, 4) is 5.75 Å². The summed E-state index contributed by atoms with van der Waals surface area (Å²) in [5, 5.41) is 3.83. The minimum atomic E-state index is -0.255. The maximum absolute atomic E-state index is 13.4. The van der Waals surface area contributed by atoms with Crippen molar-refractivity contribution < 1.29 is 9.53 Å². The van der Waals surface area contributed by atoms with Crippen LogP contribution < -0.4 is 10.1 Å². The van der Waals surface area contributed by atoms with Crippen LogP contribution in [-0.2, 0) is 13.2 Å². The van der Waals surface area contributed by atoms with Crippen LogP contribution in [0.3, 0.4) is 0 Å². The number of rotatable bonds is 8. The molecule has 1 atom stereocenters. The lowest BCUT2D eigenvalue weighted by molar-refractivity contribution is 0.189. The van der Waals surface area contributed by atoms with Gasteiger partial charge in [-0.05, 0) is 53.9 Å². The molecule has 4 aromatic carbocycles. The fraction of sp³-hybridized carbons (Fsp3) is 0.138. The number of nitrogens with one attached hydrogen (secondary N) is 1. The number of anilines is 1. The second kappa shape index (κ2) is 11.8. The van der Waals surface area contributed by atoms with Gasteiger partial charge in [0.1, 0.15) is 12.4 Å². The van der Waals surface area contributed by atoms with E-state index in [2.05, 4.69) is 5.32 Å². The number of hydrogen-bond acceptors (Lipinski definition) is 2. The lowest BCUT2D eigenvalue weighted by Crippen LogP contribution is -2.36. The smallest absolute Gasteiger partial charge is 0.322 e. The predicted octanol–water partition coefficient (Wildman–Crippen LogP) is 8.37. The molecule has 1 unspecified atom stereocenters. The number of urea groups is 1. The minimum absolute atomic E-state index is 0.170. The van der Waals surface area contributed by atoms with Gasteiger partial charge in [-0.1, -0.05) is 96.0 Å². The Balaban J connectivity index is 1.50. The first-order chi connectivity index (χ1) is 17.0. The summed E-state index contributed by atoms with van der Waals surface area (Å²) >= 11 is 12.3. The van der Waals surface area contributed by atoms with Crippen molar-refractivity contribution in [3.63, 3.8) is 0 Å². The summed E-state index contributed by atoms with van der Waals surface area (Å²) in [7, 11) is 0. The first-order valence-electron chi connectivity index (χ1n) is 11.3. The summed E-state index contributed by atoms with van der Waals surface area (Å²) in [5.74, 6) is 0.776. The van der Waals surface area contributed by atoms with Crippen LogP contribution in [0.1, 0.15) is 29.7 Å². The van der Waals surface area contributed by atoms with Crippen molar-refractivity contribution in [2.45, 2.75) is 26.1 Å². The van der Waals surface area contributed by atoms with Crippen LogP contribution in [0, 0.1) is 0 Å². The van der Waals surface area contributed by atoms with E-state index in [0.717, 1.165) is 22.4 Å². The number of nitrogens with zero attached hydrogens (tertiary/aromatic N) is 1. The van der Waals surface area contributed by atoms with Gasteiger partial charge in [-0.15, -0.1) is 0 Å². The maximum Gasteiger partial charge on any atom is 0.322 e. The van der Waals surface area contributed by atoms with Crippen LogP contribution in [0.15, 0.2) is 103 Å². The van der Waals surface area contributed by atoms with Crippen LogP contribution >= 0.6 is 23.2 Å². The van der Waals surface area contributed by atoms with E-state index in [0.29, 0.717) is 28.9 Å². The summed E-state index contributed by atoms with van der Waals surface area (Å²) in [5.41, 5.74) is 3.64. The Morgan fingerprint density at radius 3 is 2.17 bits per heavy atom. The van der Waals surface area contributed by atoms with E-state index < -0.39 is 0 Å². The average Bonchev–Trinajstić information content (AvgIpc) is 2.89. The van der Waals surface area contributed by atoms with E-state index >= 15 is 0 Å². The molecule has 0 fully saturated rings. The molecule has 4 nitrogen and oxygen atoms in total. The summed E-state index contributed by atoms with van der Waals surface area (Å²) in [6, 6.07) is 32.4. The molecular formula is C29H26Cl2N2O2. The molecule has 0 aliphatic carbocycles. The molecule has 0 radical (unpaired) electrons. The van der Waals surface area contributed by atoms with Gasteiger partial charge < -0.3 is 15.0 Å². The molecule has 1 N–H and O–H groups in total. The third kappa shape index (κ3) is 6.78. The largest absolute Gasteiger partial charge is 0.489 e. The number of ether oxygens (including phenoxy) is 1. The van der Waals surface area contributed by atoms with Gasteiger partial charge in [0.25, 0.3) is 0 Å². The van der Waals surface area contributed by atoms with Gasteiger partial charge in [0.2, 0.25) is 0 Å². The fourth-order valence-electron chi connectivity index (χ4n) is 3.70. The third-order valence-corrected chi connectivity index (χ3v) is 6.26. The lowest BCUT2D eigenvalue weighted by atomic mass is 10.1. The molecule has 0 heterocycles. The number of benzene rings is 4. The van der Waals surface area contributed by atoms with E-state index in [4.69, 9.17) is 27.9 Å². The molecule has 2 amide bonds. The van der Waals surface area contributed by atoms with Gasteiger partial charge in [-0.25, -0.2) is 4.79 Å². The van der Waals surface area contributed by atoms with Crippen molar-refractivity contribution in [2.24, 2.45) is 0 Å². The van der Waals surface area contributed by atoms with Gasteiger partial charge >= 0.3 is 6.03 Å². The highest BCUT2D eigenvalue weighted by Crippen LogP contribution is 2.28. The molecule has 0 aliphatic heterocycles. The zero-order valence-corrected chi connectivity index (χ0v) is 20.8. The average molecular weight is 505 g/mol. The molecule has 0 spiro atoms. The monoisotopic (exact) mass is 504 g/mol. The van der Waals surface area contributed by atoms with Gasteiger partial charge in [0.15, 0.2) is 0 Å². The van der Waals surface area contributed by atoms with E-state index in [1.807, 2.05) is 91.9 Å². The Morgan fingerprint density at radius 2 is 1.51 bits per heavy atom. The number of hydrogen-bond donors (Lipinski definition) is 1. The highest BCUT2D eigenvalue weighted by Gasteiger charge is 2.23. The van der Waals surface area contributed by atoms with Crippen LogP contribution in [-0.4, -0.2) is 10.9 Å². The Hall–Kier alpha value is -3.47. The Labute approximate surface area is 216 Å². The van der Waals surface area contributed by atoms with Crippen LogP contribution in [0.5, 0.6) is 5.75 Å². The van der Waals surface area contributed by atoms with Gasteiger partial charge in [0, 0.05) is 11.6 Å². The molecule has 0 aliphatic rings. The molecule has 6 heteroatoms. The zero-order chi connectivity index (χ0) is 24.6. The van der Waals surface area contributed by atoms with Gasteiger partial charge in [0.05, 0.1) is 16.8 Å². The highest BCUT2D eigenvalue weighted by molar-refractivity contribution is 6.36. The molecule has 0 saturated heterocycles. The van der Waals surface area contributed by atoms with Crippen LogP contribution in [0.2, 0.25) is 10.0 Å². The summed E-state index contributed by atoms with van der Waals surface area (Å²) < 4.78 is 5.90. The number of amides is 2. The number of carbonyl (C=O) groups is 1. The standard InChI is InChI=1S/C29H26Cl2N2O2/c1-21(24-10-6-3-7-11-24)33(29(34)32-28-17-14-25(30)18-27(28)31)19-22-12-15-26(16-13-22)35-20-23-8-4-2-5-9-23/h2-18,21H,19-20H2,1H3,(H,32,34). The van der Waals surface area contributed by atoms with Gasteiger partial charge in [-0.2, -0.15) is 0 Å². The quantitative estimate of drug-likeness (QED) is 0.261. The van der Waals surface area contributed by atoms with Crippen molar-refractivity contribution in [2.75, 3.05) is 5.32 Å². The van der Waals surface area contributed by atoms with Crippen molar-refractivity contribution in [1.29, 1.82) is 0 Å². The molecule has 178 valence electrons. The molecule has 4 rings (SSSR count). The first-order valence-corrected chi connectivity index (χ1v) is 12.1. The van der Waals surface area contributed by atoms with E-state index in [1.54, 1.807) is 23.1 Å². The summed E-state index contributed by atoms with van der Waals surface area (Å²) in [6.45, 7) is 2.92. The predicted molar refractivity (Wildman–Crippen MR) is 143 cm³/mol. The molecule has 4 aromatic rings. The topological polar surface area (TPSA) is 41.6 Å².